The van der Waals surface area contributed by atoms with Crippen LogP contribution in [0.5, 0.6) is 0 Å². The summed E-state index contributed by atoms with van der Waals surface area (Å²) in [6.07, 6.45) is 7.97. The molecule has 21 heavy (non-hydrogen) atoms. The zero-order valence-electron chi connectivity index (χ0n) is 12.6. The molecular formula is C18H24N2O. The highest BCUT2D eigenvalue weighted by Crippen LogP contribution is 2.31. The molecule has 3 nitrogen and oxygen atoms in total. The molecule has 0 atom stereocenters. The van der Waals surface area contributed by atoms with Gasteiger partial charge in [0.15, 0.2) is 0 Å². The van der Waals surface area contributed by atoms with Gasteiger partial charge >= 0.3 is 0 Å². The van der Waals surface area contributed by atoms with Crippen LogP contribution < -0.4 is 5.73 Å². The molecule has 1 aromatic carbocycles. The summed E-state index contributed by atoms with van der Waals surface area (Å²) in [6.45, 7) is 1.54. The summed E-state index contributed by atoms with van der Waals surface area (Å²) in [5.74, 6) is 0.225. The van der Waals surface area contributed by atoms with Crippen molar-refractivity contribution in [2.24, 2.45) is 5.73 Å². The maximum Gasteiger partial charge on any atom is 0.224 e. The Kier molecular flexibility index (Phi) is 4.11. The van der Waals surface area contributed by atoms with Gasteiger partial charge in [-0.3, -0.25) is 4.79 Å². The second kappa shape index (κ2) is 6.02. The molecule has 0 radical (unpaired) electrons. The quantitative estimate of drug-likeness (QED) is 0.927. The molecule has 2 aliphatic rings. The first-order valence-electron chi connectivity index (χ1n) is 7.97. The number of benzene rings is 1. The second-order valence-electron chi connectivity index (χ2n) is 6.43. The van der Waals surface area contributed by atoms with Crippen LogP contribution in [0.15, 0.2) is 36.4 Å². The fourth-order valence-corrected chi connectivity index (χ4v) is 3.48. The van der Waals surface area contributed by atoms with Crippen molar-refractivity contribution in [3.8, 4) is 0 Å². The van der Waals surface area contributed by atoms with E-state index in [1.165, 1.54) is 24.0 Å². The van der Waals surface area contributed by atoms with E-state index in [-0.39, 0.29) is 11.4 Å². The van der Waals surface area contributed by atoms with E-state index in [0.29, 0.717) is 6.42 Å². The standard InChI is InChI=1S/C18H24N2O/c19-18(10-4-5-11-18)14-17(21)20-12-8-16(9-13-20)15-6-2-1-3-7-15/h1-3,6-8H,4-5,9-14,19H2. The summed E-state index contributed by atoms with van der Waals surface area (Å²) in [5, 5.41) is 0. The molecule has 1 aromatic rings. The van der Waals surface area contributed by atoms with Crippen LogP contribution in [0.1, 0.15) is 44.1 Å². The largest absolute Gasteiger partial charge is 0.339 e. The minimum absolute atomic E-state index is 0.225. The molecule has 1 heterocycles. The van der Waals surface area contributed by atoms with Gasteiger partial charge in [0.2, 0.25) is 5.91 Å². The van der Waals surface area contributed by atoms with Gasteiger partial charge in [-0.05, 0) is 30.4 Å². The van der Waals surface area contributed by atoms with E-state index in [9.17, 15) is 4.79 Å². The predicted molar refractivity (Wildman–Crippen MR) is 85.6 cm³/mol. The van der Waals surface area contributed by atoms with Crippen molar-refractivity contribution in [1.82, 2.24) is 4.90 Å². The van der Waals surface area contributed by atoms with Crippen molar-refractivity contribution in [3.05, 3.63) is 42.0 Å². The van der Waals surface area contributed by atoms with E-state index >= 15 is 0 Å². The SMILES string of the molecule is NC1(CC(=O)N2CC=C(c3ccccc3)CC2)CCCC1. The minimum Gasteiger partial charge on any atom is -0.339 e. The summed E-state index contributed by atoms with van der Waals surface area (Å²) >= 11 is 0. The van der Waals surface area contributed by atoms with Crippen molar-refractivity contribution in [1.29, 1.82) is 0 Å². The van der Waals surface area contributed by atoms with Gasteiger partial charge in [0.05, 0.1) is 0 Å². The van der Waals surface area contributed by atoms with Crippen molar-refractivity contribution >= 4 is 11.5 Å². The topological polar surface area (TPSA) is 46.3 Å². The van der Waals surface area contributed by atoms with Crippen LogP contribution in [-0.2, 0) is 4.79 Å². The Bertz CT molecular complexity index is 529. The van der Waals surface area contributed by atoms with Crippen LogP contribution in [0.25, 0.3) is 5.57 Å². The van der Waals surface area contributed by atoms with Crippen molar-refractivity contribution in [2.75, 3.05) is 13.1 Å². The lowest BCUT2D eigenvalue weighted by atomic mass is 9.93. The number of carbonyl (C=O) groups is 1. The molecular weight excluding hydrogens is 260 g/mol. The van der Waals surface area contributed by atoms with E-state index in [1.54, 1.807) is 0 Å². The molecule has 0 aromatic heterocycles. The Morgan fingerprint density at radius 3 is 2.52 bits per heavy atom. The van der Waals surface area contributed by atoms with Crippen LogP contribution >= 0.6 is 0 Å². The highest BCUT2D eigenvalue weighted by molar-refractivity contribution is 5.79. The third-order valence-electron chi connectivity index (χ3n) is 4.81. The average Bonchev–Trinajstić information content (AvgIpc) is 2.94. The van der Waals surface area contributed by atoms with Crippen LogP contribution in [0, 0.1) is 0 Å². The predicted octanol–water partition coefficient (Wildman–Crippen LogP) is 2.96. The molecule has 1 aliphatic heterocycles. The fraction of sp³-hybridized carbons (Fsp3) is 0.500. The summed E-state index contributed by atoms with van der Waals surface area (Å²) in [7, 11) is 0. The smallest absolute Gasteiger partial charge is 0.224 e. The lowest BCUT2D eigenvalue weighted by Crippen LogP contribution is -2.44. The highest BCUT2D eigenvalue weighted by atomic mass is 16.2. The van der Waals surface area contributed by atoms with Gasteiger partial charge in [-0.1, -0.05) is 49.2 Å². The lowest BCUT2D eigenvalue weighted by molar-refractivity contribution is -0.132. The van der Waals surface area contributed by atoms with E-state index in [1.807, 2.05) is 11.0 Å². The number of hydrogen-bond donors (Lipinski definition) is 1. The van der Waals surface area contributed by atoms with E-state index in [4.69, 9.17) is 5.73 Å². The summed E-state index contributed by atoms with van der Waals surface area (Å²) in [6, 6.07) is 10.4. The molecule has 1 amide bonds. The van der Waals surface area contributed by atoms with Gasteiger partial charge in [-0.2, -0.15) is 0 Å². The van der Waals surface area contributed by atoms with Gasteiger partial charge in [-0.15, -0.1) is 0 Å². The van der Waals surface area contributed by atoms with Gasteiger partial charge in [-0.25, -0.2) is 0 Å². The monoisotopic (exact) mass is 284 g/mol. The molecule has 1 fully saturated rings. The molecule has 112 valence electrons. The maximum absolute atomic E-state index is 12.4. The molecule has 1 saturated carbocycles. The Hall–Kier alpha value is -1.61. The lowest BCUT2D eigenvalue weighted by Gasteiger charge is -2.30. The van der Waals surface area contributed by atoms with Crippen molar-refractivity contribution in [2.45, 2.75) is 44.1 Å². The fourth-order valence-electron chi connectivity index (χ4n) is 3.48. The number of carbonyl (C=O) groups excluding carboxylic acids is 1. The van der Waals surface area contributed by atoms with E-state index in [2.05, 4.69) is 30.3 Å². The van der Waals surface area contributed by atoms with Crippen LogP contribution in [0.3, 0.4) is 0 Å². The number of rotatable bonds is 3. The average molecular weight is 284 g/mol. The van der Waals surface area contributed by atoms with Crippen LogP contribution in [-0.4, -0.2) is 29.4 Å². The van der Waals surface area contributed by atoms with Crippen molar-refractivity contribution in [3.63, 3.8) is 0 Å². The minimum atomic E-state index is -0.236. The zero-order chi connectivity index (χ0) is 14.7. The van der Waals surface area contributed by atoms with Crippen molar-refractivity contribution < 1.29 is 4.79 Å². The van der Waals surface area contributed by atoms with E-state index in [0.717, 1.165) is 32.4 Å². The van der Waals surface area contributed by atoms with Gasteiger partial charge < -0.3 is 10.6 Å². The molecule has 0 saturated heterocycles. The molecule has 0 spiro atoms. The molecule has 3 heteroatoms. The Morgan fingerprint density at radius 1 is 1.19 bits per heavy atom. The first-order chi connectivity index (χ1) is 10.2. The zero-order valence-corrected chi connectivity index (χ0v) is 12.6. The number of hydrogen-bond acceptors (Lipinski definition) is 2. The molecule has 0 bridgehead atoms. The Morgan fingerprint density at radius 2 is 1.90 bits per heavy atom. The third kappa shape index (κ3) is 3.35. The second-order valence-corrected chi connectivity index (χ2v) is 6.43. The number of nitrogens with two attached hydrogens (primary N) is 1. The molecule has 3 rings (SSSR count). The summed E-state index contributed by atoms with van der Waals surface area (Å²) < 4.78 is 0. The molecule has 2 N–H and O–H groups in total. The van der Waals surface area contributed by atoms with Gasteiger partial charge in [0.1, 0.15) is 0 Å². The maximum atomic E-state index is 12.4. The van der Waals surface area contributed by atoms with Gasteiger partial charge in [0, 0.05) is 25.0 Å². The number of nitrogens with zero attached hydrogens (tertiary/aromatic N) is 1. The highest BCUT2D eigenvalue weighted by Gasteiger charge is 2.33. The normalized spacial score (nSPS) is 21.2. The van der Waals surface area contributed by atoms with E-state index < -0.39 is 0 Å². The molecule has 1 aliphatic carbocycles. The first kappa shape index (κ1) is 14.3. The first-order valence-corrected chi connectivity index (χ1v) is 7.97. The number of amides is 1. The Balaban J connectivity index is 1.60. The van der Waals surface area contributed by atoms with Crippen LogP contribution in [0.4, 0.5) is 0 Å². The van der Waals surface area contributed by atoms with Crippen LogP contribution in [0.2, 0.25) is 0 Å². The van der Waals surface area contributed by atoms with Gasteiger partial charge in [0.25, 0.3) is 0 Å². The Labute approximate surface area is 126 Å². The molecule has 0 unspecified atom stereocenters. The summed E-state index contributed by atoms with van der Waals surface area (Å²) in [4.78, 5) is 14.4. The summed E-state index contributed by atoms with van der Waals surface area (Å²) in [5.41, 5.74) is 8.71. The third-order valence-corrected chi connectivity index (χ3v) is 4.81.